The number of phenolic OH excluding ortho intramolecular Hbond substituents is 1. The molecule has 1 aliphatic carbocycles. The summed E-state index contributed by atoms with van der Waals surface area (Å²) < 4.78 is 0. The van der Waals surface area contributed by atoms with Crippen molar-refractivity contribution < 1.29 is 49.5 Å². The van der Waals surface area contributed by atoms with Crippen molar-refractivity contribution in [2.45, 2.75) is 72.7 Å². The number of aromatic hydroxyl groups is 1. The monoisotopic (exact) mass is 687 g/mol. The first-order valence-electron chi connectivity index (χ1n) is 16.3. The van der Waals surface area contributed by atoms with Gasteiger partial charge >= 0.3 is 0 Å². The third-order valence-corrected chi connectivity index (χ3v) is 8.81. The average molecular weight is 688 g/mol. The summed E-state index contributed by atoms with van der Waals surface area (Å²) in [4.78, 5) is 65.5. The zero-order valence-electron chi connectivity index (χ0n) is 29.0. The molecule has 11 heteroatoms. The molecular formula is C39H45NO10. The molecule has 4 rings (SSSR count). The van der Waals surface area contributed by atoms with Crippen molar-refractivity contribution in [3.8, 4) is 5.75 Å². The molecule has 6 atom stereocenters. The maximum Gasteiger partial charge on any atom is 0.253 e. The number of fused-ring (bicyclic) bond motifs is 18. The summed E-state index contributed by atoms with van der Waals surface area (Å²) in [5.74, 6) is -7.27. The number of phenols is 1. The van der Waals surface area contributed by atoms with Crippen LogP contribution >= 0.6 is 0 Å². The highest BCUT2D eigenvalue weighted by molar-refractivity contribution is 6.53. The average Bonchev–Trinajstić information content (AvgIpc) is 3.07. The quantitative estimate of drug-likeness (QED) is 0.167. The highest BCUT2D eigenvalue weighted by Gasteiger charge is 2.39. The summed E-state index contributed by atoms with van der Waals surface area (Å²) in [5.41, 5.74) is -1.36. The molecule has 0 spiro atoms. The minimum atomic E-state index is -1.29. The maximum absolute atomic E-state index is 13.7. The van der Waals surface area contributed by atoms with E-state index >= 15 is 0 Å². The van der Waals surface area contributed by atoms with E-state index in [9.17, 15) is 49.5 Å². The van der Waals surface area contributed by atoms with Gasteiger partial charge < -0.3 is 30.8 Å². The number of rotatable bonds is 0. The van der Waals surface area contributed by atoms with Gasteiger partial charge in [0.25, 0.3) is 5.78 Å². The normalized spacial score (nSPS) is 29.7. The number of carbonyl (C=O) groups is 5. The number of hydrogen-bond donors (Lipinski definition) is 6. The molecule has 2 heterocycles. The van der Waals surface area contributed by atoms with E-state index in [0.29, 0.717) is 5.57 Å². The van der Waals surface area contributed by atoms with Crippen LogP contribution in [0.2, 0.25) is 0 Å². The number of Topliss-reactive ketones (excluding diaryl/α,β-unsaturated/α-hetero) is 4. The van der Waals surface area contributed by atoms with Crippen LogP contribution in [-0.4, -0.2) is 72.9 Å². The molecule has 0 aromatic heterocycles. The first-order valence-corrected chi connectivity index (χ1v) is 16.3. The number of hydrogen-bond acceptors (Lipinski definition) is 10. The molecule has 1 aromatic carbocycles. The van der Waals surface area contributed by atoms with Gasteiger partial charge in [-0.25, -0.2) is 0 Å². The number of allylic oxidation sites excluding steroid dienone is 7. The van der Waals surface area contributed by atoms with Crippen LogP contribution in [0.5, 0.6) is 5.75 Å². The third-order valence-electron chi connectivity index (χ3n) is 8.81. The van der Waals surface area contributed by atoms with Crippen LogP contribution < -0.4 is 5.32 Å². The van der Waals surface area contributed by atoms with Crippen molar-refractivity contribution in [1.29, 1.82) is 0 Å². The largest absolute Gasteiger partial charge is 0.507 e. The van der Waals surface area contributed by atoms with E-state index < -0.39 is 87.7 Å². The van der Waals surface area contributed by atoms with E-state index in [0.717, 1.165) is 6.08 Å². The first-order chi connectivity index (χ1) is 23.5. The number of ketones is 4. The fraction of sp³-hybridized carbons (Fsp3) is 0.359. The van der Waals surface area contributed by atoms with E-state index in [1.165, 1.54) is 44.2 Å². The minimum Gasteiger partial charge on any atom is -0.507 e. The molecule has 266 valence electrons. The lowest BCUT2D eigenvalue weighted by atomic mass is 9.82. The van der Waals surface area contributed by atoms with Crippen molar-refractivity contribution in [3.05, 3.63) is 106 Å². The van der Waals surface area contributed by atoms with E-state index in [1.807, 2.05) is 0 Å². The zero-order valence-corrected chi connectivity index (χ0v) is 29.0. The molecule has 1 amide bonds. The van der Waals surface area contributed by atoms with Gasteiger partial charge in [0.05, 0.1) is 29.4 Å². The Hall–Kier alpha value is -4.97. The molecule has 1 aromatic rings. The fourth-order valence-corrected chi connectivity index (χ4v) is 5.53. The van der Waals surface area contributed by atoms with E-state index in [-0.39, 0.29) is 35.3 Å². The highest BCUT2D eigenvalue weighted by Crippen LogP contribution is 2.37. The van der Waals surface area contributed by atoms with Crippen molar-refractivity contribution in [2.24, 2.45) is 17.8 Å². The fourth-order valence-electron chi connectivity index (χ4n) is 5.53. The molecule has 6 unspecified atom stereocenters. The summed E-state index contributed by atoms with van der Waals surface area (Å²) >= 11 is 0. The number of benzene rings is 1. The summed E-state index contributed by atoms with van der Waals surface area (Å²) in [7, 11) is 0. The van der Waals surface area contributed by atoms with Gasteiger partial charge in [0.1, 0.15) is 11.4 Å². The maximum atomic E-state index is 13.7. The Labute approximate surface area is 291 Å². The van der Waals surface area contributed by atoms with E-state index in [2.05, 4.69) is 5.32 Å². The number of aryl methyl sites for hydroxylation is 1. The Bertz CT molecular complexity index is 1770. The van der Waals surface area contributed by atoms with Gasteiger partial charge in [-0.2, -0.15) is 0 Å². The summed E-state index contributed by atoms with van der Waals surface area (Å²) in [6, 6.07) is 1.23. The minimum absolute atomic E-state index is 0.0421. The van der Waals surface area contributed by atoms with Gasteiger partial charge in [-0.3, -0.25) is 24.0 Å². The third kappa shape index (κ3) is 9.38. The van der Waals surface area contributed by atoms with Gasteiger partial charge in [-0.1, -0.05) is 75.5 Å². The molecule has 0 radical (unpaired) electrons. The Balaban J connectivity index is 2.07. The summed E-state index contributed by atoms with van der Waals surface area (Å²) in [6.45, 7) is 9.57. The Morgan fingerprint density at radius 2 is 1.38 bits per heavy atom. The molecule has 11 nitrogen and oxygen atoms in total. The number of aliphatic hydroxyl groups excluding tert-OH is 4. The lowest BCUT2D eigenvalue weighted by molar-refractivity contribution is -0.118. The molecular weight excluding hydrogens is 642 g/mol. The van der Waals surface area contributed by atoms with Crippen LogP contribution in [0.1, 0.15) is 79.3 Å². The molecule has 3 aliphatic rings. The molecule has 50 heavy (non-hydrogen) atoms. The van der Waals surface area contributed by atoms with E-state index in [4.69, 9.17) is 0 Å². The molecule has 4 bridgehead atoms. The molecule has 0 fully saturated rings. The topological polar surface area (TPSA) is 199 Å². The number of amides is 1. The van der Waals surface area contributed by atoms with Crippen molar-refractivity contribution in [3.63, 3.8) is 0 Å². The Morgan fingerprint density at radius 1 is 0.720 bits per heavy atom. The van der Waals surface area contributed by atoms with E-state index in [1.54, 1.807) is 58.1 Å². The molecule has 6 N–H and O–H groups in total. The molecule has 2 aliphatic heterocycles. The summed E-state index contributed by atoms with van der Waals surface area (Å²) in [5, 5.41) is 56.2. The second-order valence-corrected chi connectivity index (χ2v) is 12.9. The second kappa shape index (κ2) is 17.1. The van der Waals surface area contributed by atoms with Gasteiger partial charge in [0.2, 0.25) is 11.7 Å². The van der Waals surface area contributed by atoms with Gasteiger partial charge in [0, 0.05) is 35.8 Å². The molecule has 0 saturated carbocycles. The van der Waals surface area contributed by atoms with Gasteiger partial charge in [-0.05, 0) is 50.0 Å². The molecule has 0 saturated heterocycles. The van der Waals surface area contributed by atoms with Crippen molar-refractivity contribution in [2.75, 3.05) is 0 Å². The van der Waals surface area contributed by atoms with Crippen molar-refractivity contribution >= 4 is 34.8 Å². The smallest absolute Gasteiger partial charge is 0.253 e. The summed E-state index contributed by atoms with van der Waals surface area (Å²) in [6.07, 6.45) is 11.9. The Morgan fingerprint density at radius 3 is 2.06 bits per heavy atom. The SMILES string of the molecule is CC1=CC(C)C(O)C(C)/C=C\C(O)C/C=C(/C)C(=O)CC(O)C(C)/C=C\C=C/C=CC(=O)NC2=C(O)c3cc(C)c(O)c(c3C(=O)C2=O)C1=O. The number of nitrogens with one attached hydrogen (secondary N) is 1. The van der Waals surface area contributed by atoms with Crippen LogP contribution in [0.25, 0.3) is 5.76 Å². The predicted octanol–water partition coefficient (Wildman–Crippen LogP) is 4.46. The predicted molar refractivity (Wildman–Crippen MR) is 188 cm³/mol. The van der Waals surface area contributed by atoms with Crippen LogP contribution in [0.3, 0.4) is 0 Å². The van der Waals surface area contributed by atoms with Gasteiger partial charge in [0.15, 0.2) is 17.3 Å². The number of carbonyl (C=O) groups excluding carboxylic acids is 5. The lowest BCUT2D eigenvalue weighted by Gasteiger charge is -2.23. The van der Waals surface area contributed by atoms with Crippen LogP contribution in [0, 0.1) is 24.7 Å². The standard InChI is InChI=1S/C39H45NO10/c1-20-11-9-7-8-10-12-30(44)40-33-37(48)27-18-25(6)36(47)32(31(27)38(49)39(33)50)35(46)24(5)17-23(4)34(45)22(3)14-16-26(41)15-13-21(2)29(43)19-28(20)42/h7-14,16-18,20,22-23,26,28,34,41-42,45,47-48H,15,19H2,1-6H3,(H,40,44)/b8-7-,11-9-,12-10?,16-14-,21-13-,24-17?. The van der Waals surface area contributed by atoms with Crippen LogP contribution in [-0.2, 0) is 14.4 Å². The zero-order chi connectivity index (χ0) is 37.4. The van der Waals surface area contributed by atoms with Crippen molar-refractivity contribution in [1.82, 2.24) is 5.32 Å². The Kier molecular flexibility index (Phi) is 13.5. The van der Waals surface area contributed by atoms with Crippen LogP contribution in [0.4, 0.5) is 0 Å². The lowest BCUT2D eigenvalue weighted by Crippen LogP contribution is -2.35. The van der Waals surface area contributed by atoms with Crippen LogP contribution in [0.15, 0.2) is 83.7 Å². The second-order valence-electron chi connectivity index (χ2n) is 12.9. The number of aliphatic hydroxyl groups is 4. The first kappa shape index (κ1) is 39.5. The van der Waals surface area contributed by atoms with Gasteiger partial charge in [-0.15, -0.1) is 0 Å². The highest BCUT2D eigenvalue weighted by atomic mass is 16.3.